The standard InChI is InChI=1S/C15H17BrN4O/c16-11-3-4-14(18-10-11)19-15(21)13-2-1-9-20(13)12-5-7-17-8-6-12/h1-4,9-10,12,17H,5-8H2,(H,18,19,21). The fourth-order valence-electron chi connectivity index (χ4n) is 2.62. The normalized spacial score (nSPS) is 15.9. The van der Waals surface area contributed by atoms with Crippen molar-refractivity contribution >= 4 is 27.7 Å². The molecule has 5 nitrogen and oxygen atoms in total. The Bertz CT molecular complexity index is 617. The molecule has 1 aliphatic heterocycles. The van der Waals surface area contributed by atoms with Crippen LogP contribution in [0.15, 0.2) is 41.1 Å². The highest BCUT2D eigenvalue weighted by Crippen LogP contribution is 2.22. The van der Waals surface area contributed by atoms with Crippen molar-refractivity contribution in [1.29, 1.82) is 0 Å². The molecule has 0 aliphatic carbocycles. The van der Waals surface area contributed by atoms with Gasteiger partial charge in [0.15, 0.2) is 0 Å². The molecule has 0 spiro atoms. The maximum absolute atomic E-state index is 12.4. The van der Waals surface area contributed by atoms with Crippen LogP contribution in [0.4, 0.5) is 5.82 Å². The number of halogens is 1. The molecule has 0 aromatic carbocycles. The van der Waals surface area contributed by atoms with E-state index >= 15 is 0 Å². The van der Waals surface area contributed by atoms with Crippen molar-refractivity contribution in [1.82, 2.24) is 14.9 Å². The van der Waals surface area contributed by atoms with E-state index < -0.39 is 0 Å². The molecule has 0 radical (unpaired) electrons. The minimum atomic E-state index is -0.117. The summed E-state index contributed by atoms with van der Waals surface area (Å²) in [4.78, 5) is 16.6. The summed E-state index contributed by atoms with van der Waals surface area (Å²) in [5.41, 5.74) is 0.687. The van der Waals surface area contributed by atoms with Crippen molar-refractivity contribution in [3.05, 3.63) is 46.8 Å². The third-order valence-corrected chi connectivity index (χ3v) is 4.15. The van der Waals surface area contributed by atoms with E-state index in [-0.39, 0.29) is 5.91 Å². The first-order valence-corrected chi connectivity index (χ1v) is 7.84. The predicted molar refractivity (Wildman–Crippen MR) is 85.5 cm³/mol. The second-order valence-electron chi connectivity index (χ2n) is 5.10. The molecular weight excluding hydrogens is 332 g/mol. The second kappa shape index (κ2) is 6.41. The van der Waals surface area contributed by atoms with Gasteiger partial charge in [-0.1, -0.05) is 0 Å². The minimum absolute atomic E-state index is 0.117. The zero-order valence-electron chi connectivity index (χ0n) is 11.6. The van der Waals surface area contributed by atoms with Crippen LogP contribution in [0.2, 0.25) is 0 Å². The minimum Gasteiger partial charge on any atom is -0.340 e. The van der Waals surface area contributed by atoms with E-state index in [4.69, 9.17) is 0 Å². The summed E-state index contributed by atoms with van der Waals surface area (Å²) in [5, 5.41) is 6.19. The Kier molecular flexibility index (Phi) is 4.36. The molecule has 1 fully saturated rings. The van der Waals surface area contributed by atoms with Gasteiger partial charge >= 0.3 is 0 Å². The number of amides is 1. The van der Waals surface area contributed by atoms with Gasteiger partial charge in [-0.05, 0) is 66.1 Å². The Hall–Kier alpha value is -1.66. The van der Waals surface area contributed by atoms with Crippen LogP contribution in [-0.4, -0.2) is 28.5 Å². The highest BCUT2D eigenvalue weighted by molar-refractivity contribution is 9.10. The number of hydrogen-bond donors (Lipinski definition) is 2. The summed E-state index contributed by atoms with van der Waals surface area (Å²) in [6, 6.07) is 7.80. The maximum Gasteiger partial charge on any atom is 0.273 e. The van der Waals surface area contributed by atoms with E-state index in [0.717, 1.165) is 30.4 Å². The van der Waals surface area contributed by atoms with Crippen molar-refractivity contribution in [3.63, 3.8) is 0 Å². The molecule has 1 amide bonds. The molecule has 0 unspecified atom stereocenters. The molecule has 3 rings (SSSR count). The summed E-state index contributed by atoms with van der Waals surface area (Å²) in [7, 11) is 0. The molecule has 1 saturated heterocycles. The van der Waals surface area contributed by atoms with Crippen LogP contribution in [0, 0.1) is 0 Å². The first-order chi connectivity index (χ1) is 10.2. The first-order valence-electron chi connectivity index (χ1n) is 7.04. The lowest BCUT2D eigenvalue weighted by atomic mass is 10.1. The molecule has 0 saturated carbocycles. The molecule has 2 N–H and O–H groups in total. The lowest BCUT2D eigenvalue weighted by Crippen LogP contribution is -2.31. The van der Waals surface area contributed by atoms with Gasteiger partial charge < -0.3 is 15.2 Å². The number of hydrogen-bond acceptors (Lipinski definition) is 3. The Labute approximate surface area is 131 Å². The first kappa shape index (κ1) is 14.3. The van der Waals surface area contributed by atoms with E-state index in [0.29, 0.717) is 17.6 Å². The number of rotatable bonds is 3. The van der Waals surface area contributed by atoms with Crippen molar-refractivity contribution < 1.29 is 4.79 Å². The fourth-order valence-corrected chi connectivity index (χ4v) is 2.85. The average Bonchev–Trinajstić information content (AvgIpc) is 3.00. The zero-order chi connectivity index (χ0) is 14.7. The van der Waals surface area contributed by atoms with Gasteiger partial charge in [-0.3, -0.25) is 4.79 Å². The van der Waals surface area contributed by atoms with Gasteiger partial charge in [0.25, 0.3) is 5.91 Å². The third-order valence-electron chi connectivity index (χ3n) is 3.68. The SMILES string of the molecule is O=C(Nc1ccc(Br)cn1)c1cccn1C1CCNCC1. The molecule has 110 valence electrons. The number of pyridine rings is 1. The van der Waals surface area contributed by atoms with Crippen LogP contribution in [0.3, 0.4) is 0 Å². The van der Waals surface area contributed by atoms with Gasteiger partial charge in [-0.25, -0.2) is 4.98 Å². The van der Waals surface area contributed by atoms with E-state index in [2.05, 4.69) is 36.1 Å². The highest BCUT2D eigenvalue weighted by atomic mass is 79.9. The predicted octanol–water partition coefficient (Wildman–Crippen LogP) is 2.82. The topological polar surface area (TPSA) is 59.0 Å². The summed E-state index contributed by atoms with van der Waals surface area (Å²) < 4.78 is 2.97. The van der Waals surface area contributed by atoms with Crippen molar-refractivity contribution in [3.8, 4) is 0 Å². The van der Waals surface area contributed by atoms with E-state index in [1.165, 1.54) is 0 Å². The molecule has 1 aliphatic rings. The van der Waals surface area contributed by atoms with E-state index in [1.54, 1.807) is 12.3 Å². The molecular formula is C15H17BrN4O. The third kappa shape index (κ3) is 3.33. The van der Waals surface area contributed by atoms with Crippen molar-refractivity contribution in [2.75, 3.05) is 18.4 Å². The molecule has 3 heterocycles. The van der Waals surface area contributed by atoms with E-state index in [9.17, 15) is 4.79 Å². The van der Waals surface area contributed by atoms with Gasteiger partial charge in [0.1, 0.15) is 11.5 Å². The smallest absolute Gasteiger partial charge is 0.273 e. The summed E-state index contributed by atoms with van der Waals surface area (Å²) in [6.07, 6.45) is 5.75. The molecule has 2 aromatic rings. The maximum atomic E-state index is 12.4. The Balaban J connectivity index is 1.75. The van der Waals surface area contributed by atoms with Crippen LogP contribution >= 0.6 is 15.9 Å². The zero-order valence-corrected chi connectivity index (χ0v) is 13.1. The highest BCUT2D eigenvalue weighted by Gasteiger charge is 2.20. The van der Waals surface area contributed by atoms with Gasteiger partial charge in [-0.15, -0.1) is 0 Å². The summed E-state index contributed by atoms with van der Waals surface area (Å²) >= 11 is 3.33. The van der Waals surface area contributed by atoms with Crippen LogP contribution < -0.4 is 10.6 Å². The lowest BCUT2D eigenvalue weighted by Gasteiger charge is -2.25. The van der Waals surface area contributed by atoms with Crippen LogP contribution in [-0.2, 0) is 0 Å². The Morgan fingerprint density at radius 1 is 1.33 bits per heavy atom. The summed E-state index contributed by atoms with van der Waals surface area (Å²) in [5.74, 6) is 0.439. The molecule has 0 atom stereocenters. The number of anilines is 1. The van der Waals surface area contributed by atoms with Crippen LogP contribution in [0.5, 0.6) is 0 Å². The number of carbonyl (C=O) groups excluding carboxylic acids is 1. The quantitative estimate of drug-likeness (QED) is 0.896. The number of carbonyl (C=O) groups is 1. The van der Waals surface area contributed by atoms with Crippen molar-refractivity contribution in [2.45, 2.75) is 18.9 Å². The monoisotopic (exact) mass is 348 g/mol. The van der Waals surface area contributed by atoms with E-state index in [1.807, 2.05) is 24.4 Å². The summed E-state index contributed by atoms with van der Waals surface area (Å²) in [6.45, 7) is 2.00. The van der Waals surface area contributed by atoms with Crippen LogP contribution in [0.25, 0.3) is 0 Å². The Morgan fingerprint density at radius 2 is 2.14 bits per heavy atom. The molecule has 21 heavy (non-hydrogen) atoms. The number of piperidine rings is 1. The van der Waals surface area contributed by atoms with Gasteiger partial charge in [-0.2, -0.15) is 0 Å². The fraction of sp³-hybridized carbons (Fsp3) is 0.333. The van der Waals surface area contributed by atoms with Crippen LogP contribution in [0.1, 0.15) is 29.4 Å². The molecule has 0 bridgehead atoms. The van der Waals surface area contributed by atoms with Gasteiger partial charge in [0.2, 0.25) is 0 Å². The van der Waals surface area contributed by atoms with Crippen molar-refractivity contribution in [2.24, 2.45) is 0 Å². The largest absolute Gasteiger partial charge is 0.340 e. The lowest BCUT2D eigenvalue weighted by molar-refractivity contribution is 0.101. The molecule has 2 aromatic heterocycles. The molecule has 6 heteroatoms. The number of aromatic nitrogens is 2. The number of nitrogens with one attached hydrogen (secondary N) is 2. The Morgan fingerprint density at radius 3 is 2.86 bits per heavy atom. The number of nitrogens with zero attached hydrogens (tertiary/aromatic N) is 2. The van der Waals surface area contributed by atoms with Gasteiger partial charge in [0, 0.05) is 22.9 Å². The second-order valence-corrected chi connectivity index (χ2v) is 6.01. The van der Waals surface area contributed by atoms with Gasteiger partial charge in [0.05, 0.1) is 0 Å². The average molecular weight is 349 g/mol.